The highest BCUT2D eigenvalue weighted by Gasteiger charge is 2.14. The van der Waals surface area contributed by atoms with Crippen molar-refractivity contribution in [1.29, 1.82) is 0 Å². The van der Waals surface area contributed by atoms with Crippen LogP contribution in [0.2, 0.25) is 0 Å². The van der Waals surface area contributed by atoms with E-state index in [-0.39, 0.29) is 0 Å². The summed E-state index contributed by atoms with van der Waals surface area (Å²) in [6.07, 6.45) is 4.52. The molecule has 0 N–H and O–H groups in total. The number of nitrogens with zero attached hydrogens (tertiary/aromatic N) is 2. The Morgan fingerprint density at radius 2 is 1.00 bits per heavy atom. The average molecular weight is 377 g/mol. The van der Waals surface area contributed by atoms with E-state index in [9.17, 15) is 0 Å². The van der Waals surface area contributed by atoms with Gasteiger partial charge in [0.25, 0.3) is 0 Å². The summed E-state index contributed by atoms with van der Waals surface area (Å²) in [4.78, 5) is 4.79. The Hall–Kier alpha value is -2.08. The van der Waals surface area contributed by atoms with Gasteiger partial charge in [-0.2, -0.15) is 0 Å². The third kappa shape index (κ3) is 7.50. The maximum Gasteiger partial charge on any atom is 0.0715 e. The Morgan fingerprint density at radius 3 is 1.32 bits per heavy atom. The molecule has 0 spiro atoms. The lowest BCUT2D eigenvalue weighted by molar-refractivity contribution is 0.260. The first-order chi connectivity index (χ1) is 13.6. The van der Waals surface area contributed by atoms with Crippen LogP contribution < -0.4 is 0 Å². The fourth-order valence-electron chi connectivity index (χ4n) is 3.51. The number of hydrogen-bond donors (Lipinski definition) is 0. The summed E-state index contributed by atoms with van der Waals surface area (Å²) in [6, 6.07) is 22.0. The smallest absolute Gasteiger partial charge is 0.0715 e. The van der Waals surface area contributed by atoms with Gasteiger partial charge in [-0.1, -0.05) is 99.2 Å². The van der Waals surface area contributed by atoms with E-state index >= 15 is 0 Å². The highest BCUT2D eigenvalue weighted by Crippen LogP contribution is 2.13. The minimum atomic E-state index is 0.301. The molecule has 2 atom stereocenters. The molecular formula is C26H36N2. The summed E-state index contributed by atoms with van der Waals surface area (Å²) in [5.41, 5.74) is 2.69. The molecule has 2 heteroatoms. The zero-order valence-corrected chi connectivity index (χ0v) is 18.1. The highest BCUT2D eigenvalue weighted by molar-refractivity contribution is 5.19. The Labute approximate surface area is 172 Å². The maximum absolute atomic E-state index is 3.63. The van der Waals surface area contributed by atoms with Crippen LogP contribution in [0.15, 0.2) is 60.7 Å². The van der Waals surface area contributed by atoms with Crippen molar-refractivity contribution < 1.29 is 0 Å². The summed E-state index contributed by atoms with van der Waals surface area (Å²) in [7, 11) is 4.40. The second-order valence-electron chi connectivity index (χ2n) is 7.70. The largest absolute Gasteiger partial charge is 0.289 e. The van der Waals surface area contributed by atoms with Crippen molar-refractivity contribution in [2.45, 2.75) is 64.7 Å². The monoisotopic (exact) mass is 376 g/mol. The highest BCUT2D eigenvalue weighted by atomic mass is 15.1. The van der Waals surface area contributed by atoms with Crippen LogP contribution in [0.4, 0.5) is 0 Å². The van der Waals surface area contributed by atoms with E-state index < -0.39 is 0 Å². The van der Waals surface area contributed by atoms with Crippen molar-refractivity contribution in [3.63, 3.8) is 0 Å². The molecule has 0 saturated carbocycles. The quantitative estimate of drug-likeness (QED) is 0.499. The van der Waals surface area contributed by atoms with Crippen molar-refractivity contribution in [2.75, 3.05) is 14.1 Å². The molecule has 0 saturated heterocycles. The zero-order chi connectivity index (χ0) is 20.2. The molecule has 2 rings (SSSR count). The molecule has 2 aromatic rings. The predicted molar refractivity (Wildman–Crippen MR) is 121 cm³/mol. The summed E-state index contributed by atoms with van der Waals surface area (Å²) in [5, 5.41) is 0. The van der Waals surface area contributed by atoms with Crippen molar-refractivity contribution >= 4 is 0 Å². The van der Waals surface area contributed by atoms with Gasteiger partial charge in [-0.3, -0.25) is 9.80 Å². The predicted octanol–water partition coefficient (Wildman–Crippen LogP) is 5.59. The van der Waals surface area contributed by atoms with Crippen LogP contribution in [-0.4, -0.2) is 36.0 Å². The third-order valence-corrected chi connectivity index (χ3v) is 5.15. The van der Waals surface area contributed by atoms with Gasteiger partial charge in [0.1, 0.15) is 0 Å². The second kappa shape index (κ2) is 12.4. The number of hydrogen-bond acceptors (Lipinski definition) is 2. The first-order valence-electron chi connectivity index (χ1n) is 10.6. The molecule has 0 bridgehead atoms. The van der Waals surface area contributed by atoms with Crippen LogP contribution in [0.3, 0.4) is 0 Å². The first-order valence-corrected chi connectivity index (χ1v) is 10.6. The summed E-state index contributed by atoms with van der Waals surface area (Å²) >= 11 is 0. The van der Waals surface area contributed by atoms with E-state index in [0.717, 1.165) is 38.8 Å². The SMILES string of the molecule is CCCC(C#CC(CCC)N(C)Cc1ccccc1)N(C)Cc1ccccc1. The number of rotatable bonds is 10. The Bertz CT molecular complexity index is 653. The minimum Gasteiger partial charge on any atom is -0.289 e. The second-order valence-corrected chi connectivity index (χ2v) is 7.70. The standard InChI is InChI=1S/C26H36N2/c1-5-13-25(27(3)21-23-15-9-7-10-16-23)19-20-26(14-6-2)28(4)22-24-17-11-8-12-18-24/h7-12,15-18,25-26H,5-6,13-14,21-22H2,1-4H3. The van der Waals surface area contributed by atoms with Gasteiger partial charge in [0, 0.05) is 13.1 Å². The summed E-state index contributed by atoms with van der Waals surface area (Å²) in [5.74, 6) is 7.25. The molecule has 0 aliphatic rings. The average Bonchev–Trinajstić information content (AvgIpc) is 2.71. The summed E-state index contributed by atoms with van der Waals surface area (Å²) in [6.45, 7) is 6.38. The Morgan fingerprint density at radius 1 is 0.643 bits per heavy atom. The van der Waals surface area contributed by atoms with Crippen molar-refractivity contribution in [2.24, 2.45) is 0 Å². The molecule has 0 amide bonds. The van der Waals surface area contributed by atoms with Gasteiger partial charge in [-0.05, 0) is 38.1 Å². The van der Waals surface area contributed by atoms with Crippen molar-refractivity contribution in [3.05, 3.63) is 71.8 Å². The Kier molecular flexibility index (Phi) is 9.83. The van der Waals surface area contributed by atoms with Gasteiger partial charge >= 0.3 is 0 Å². The van der Waals surface area contributed by atoms with Crippen LogP contribution in [-0.2, 0) is 13.1 Å². The van der Waals surface area contributed by atoms with E-state index in [4.69, 9.17) is 0 Å². The van der Waals surface area contributed by atoms with E-state index in [1.165, 1.54) is 11.1 Å². The molecule has 2 aromatic carbocycles. The van der Waals surface area contributed by atoms with E-state index in [0.29, 0.717) is 12.1 Å². The van der Waals surface area contributed by atoms with Crippen molar-refractivity contribution in [1.82, 2.24) is 9.80 Å². The normalized spacial score (nSPS) is 13.2. The van der Waals surface area contributed by atoms with Gasteiger partial charge in [0.2, 0.25) is 0 Å². The molecule has 0 heterocycles. The molecule has 0 radical (unpaired) electrons. The fraction of sp³-hybridized carbons (Fsp3) is 0.462. The molecule has 0 fully saturated rings. The van der Waals surface area contributed by atoms with Crippen LogP contribution in [0.1, 0.15) is 50.7 Å². The molecule has 150 valence electrons. The maximum atomic E-state index is 3.63. The third-order valence-electron chi connectivity index (χ3n) is 5.15. The molecular weight excluding hydrogens is 340 g/mol. The molecule has 28 heavy (non-hydrogen) atoms. The van der Waals surface area contributed by atoms with Gasteiger partial charge in [-0.25, -0.2) is 0 Å². The van der Waals surface area contributed by atoms with E-state index in [1.807, 2.05) is 0 Å². The summed E-state index contributed by atoms with van der Waals surface area (Å²) < 4.78 is 0. The van der Waals surface area contributed by atoms with Gasteiger partial charge in [0.05, 0.1) is 12.1 Å². The van der Waals surface area contributed by atoms with E-state index in [1.54, 1.807) is 0 Å². The topological polar surface area (TPSA) is 6.48 Å². The zero-order valence-electron chi connectivity index (χ0n) is 18.1. The van der Waals surface area contributed by atoms with Crippen LogP contribution in [0, 0.1) is 11.8 Å². The number of benzene rings is 2. The lowest BCUT2D eigenvalue weighted by Gasteiger charge is -2.26. The molecule has 0 aromatic heterocycles. The van der Waals surface area contributed by atoms with Gasteiger partial charge < -0.3 is 0 Å². The molecule has 2 nitrogen and oxygen atoms in total. The van der Waals surface area contributed by atoms with Crippen molar-refractivity contribution in [3.8, 4) is 11.8 Å². The van der Waals surface area contributed by atoms with E-state index in [2.05, 4.69) is 110 Å². The first kappa shape index (κ1) is 22.2. The lowest BCUT2D eigenvalue weighted by Crippen LogP contribution is -2.32. The van der Waals surface area contributed by atoms with Gasteiger partial charge in [0.15, 0.2) is 0 Å². The molecule has 2 unspecified atom stereocenters. The van der Waals surface area contributed by atoms with Crippen LogP contribution >= 0.6 is 0 Å². The molecule has 0 aliphatic carbocycles. The minimum absolute atomic E-state index is 0.301. The van der Waals surface area contributed by atoms with Crippen LogP contribution in [0.5, 0.6) is 0 Å². The van der Waals surface area contributed by atoms with Gasteiger partial charge in [-0.15, -0.1) is 0 Å². The Balaban J connectivity index is 2.07. The lowest BCUT2D eigenvalue weighted by atomic mass is 10.1. The van der Waals surface area contributed by atoms with Crippen LogP contribution in [0.25, 0.3) is 0 Å². The fourth-order valence-corrected chi connectivity index (χ4v) is 3.51. The molecule has 0 aliphatic heterocycles.